The number of rotatable bonds is 9. The molecule has 1 rings (SSSR count). The lowest BCUT2D eigenvalue weighted by atomic mass is 10.2. The normalized spacial score (nSPS) is 14.2. The van der Waals surface area contributed by atoms with Crippen LogP contribution in [0.3, 0.4) is 0 Å². The minimum Gasteiger partial charge on any atom is -0.489 e. The molecular formula is C15H24Cl2N2O2. The molecule has 2 atom stereocenters. The number of aliphatic hydroxyl groups is 1. The van der Waals surface area contributed by atoms with Gasteiger partial charge >= 0.3 is 0 Å². The summed E-state index contributed by atoms with van der Waals surface area (Å²) in [6, 6.07) is 5.37. The molecule has 0 aliphatic rings. The molecule has 0 aliphatic heterocycles. The number of nitrogens with zero attached hydrogens (tertiary/aromatic N) is 1. The fourth-order valence-corrected chi connectivity index (χ4v) is 2.19. The van der Waals surface area contributed by atoms with Crippen molar-refractivity contribution < 1.29 is 9.84 Å². The van der Waals surface area contributed by atoms with Gasteiger partial charge in [-0.1, -0.05) is 23.2 Å². The molecular weight excluding hydrogens is 311 g/mol. The van der Waals surface area contributed by atoms with E-state index in [-0.39, 0.29) is 6.61 Å². The van der Waals surface area contributed by atoms with Gasteiger partial charge in [-0.05, 0) is 52.2 Å². The molecule has 120 valence electrons. The Balaban J connectivity index is 2.26. The second kappa shape index (κ2) is 9.49. The molecule has 0 aliphatic carbocycles. The number of nitrogens with one attached hydrogen (secondary N) is 1. The van der Waals surface area contributed by atoms with Crippen molar-refractivity contribution in [1.82, 2.24) is 10.2 Å². The predicted molar refractivity (Wildman–Crippen MR) is 88.6 cm³/mol. The van der Waals surface area contributed by atoms with Gasteiger partial charge < -0.3 is 20.1 Å². The van der Waals surface area contributed by atoms with Gasteiger partial charge in [-0.3, -0.25) is 0 Å². The van der Waals surface area contributed by atoms with E-state index in [2.05, 4.69) is 17.1 Å². The molecule has 2 N–H and O–H groups in total. The van der Waals surface area contributed by atoms with Crippen LogP contribution >= 0.6 is 23.2 Å². The van der Waals surface area contributed by atoms with Crippen LogP contribution in [0.5, 0.6) is 5.75 Å². The van der Waals surface area contributed by atoms with Crippen LogP contribution in [-0.4, -0.2) is 55.9 Å². The fraction of sp³-hybridized carbons (Fsp3) is 0.600. The Morgan fingerprint density at radius 3 is 2.67 bits per heavy atom. The summed E-state index contributed by atoms with van der Waals surface area (Å²) in [5.41, 5.74) is 0. The van der Waals surface area contributed by atoms with Gasteiger partial charge in [0.1, 0.15) is 18.5 Å². The molecule has 21 heavy (non-hydrogen) atoms. The van der Waals surface area contributed by atoms with Gasteiger partial charge in [0.05, 0.1) is 5.02 Å². The Morgan fingerprint density at radius 2 is 2.05 bits per heavy atom. The van der Waals surface area contributed by atoms with Gasteiger partial charge in [-0.2, -0.15) is 0 Å². The van der Waals surface area contributed by atoms with Crippen LogP contribution in [0.15, 0.2) is 18.2 Å². The van der Waals surface area contributed by atoms with Gasteiger partial charge in [-0.25, -0.2) is 0 Å². The molecule has 0 saturated heterocycles. The van der Waals surface area contributed by atoms with Gasteiger partial charge in [0.2, 0.25) is 0 Å². The van der Waals surface area contributed by atoms with E-state index in [9.17, 15) is 5.11 Å². The van der Waals surface area contributed by atoms with E-state index in [0.29, 0.717) is 28.4 Å². The minimum absolute atomic E-state index is 0.189. The number of aliphatic hydroxyl groups excluding tert-OH is 1. The highest BCUT2D eigenvalue weighted by molar-refractivity contribution is 6.35. The quantitative estimate of drug-likeness (QED) is 0.728. The number of ether oxygens (including phenoxy) is 1. The Hall–Kier alpha value is -0.520. The molecule has 1 aromatic carbocycles. The van der Waals surface area contributed by atoms with Crippen LogP contribution in [-0.2, 0) is 0 Å². The average molecular weight is 335 g/mol. The summed E-state index contributed by atoms with van der Waals surface area (Å²) in [6.07, 6.45) is 0.447. The lowest BCUT2D eigenvalue weighted by Crippen LogP contribution is -2.37. The van der Waals surface area contributed by atoms with E-state index in [1.165, 1.54) is 0 Å². The van der Waals surface area contributed by atoms with Gasteiger partial charge in [0.25, 0.3) is 0 Å². The summed E-state index contributed by atoms with van der Waals surface area (Å²) in [5.74, 6) is 0.528. The highest BCUT2D eigenvalue weighted by atomic mass is 35.5. The maximum atomic E-state index is 9.92. The van der Waals surface area contributed by atoms with Crippen LogP contribution in [0, 0.1) is 0 Å². The third-order valence-electron chi connectivity index (χ3n) is 3.04. The number of hydrogen-bond acceptors (Lipinski definition) is 4. The molecule has 2 unspecified atom stereocenters. The van der Waals surface area contributed by atoms with E-state index < -0.39 is 6.10 Å². The fourth-order valence-electron chi connectivity index (χ4n) is 1.73. The summed E-state index contributed by atoms with van der Waals surface area (Å²) in [6.45, 7) is 3.79. The summed E-state index contributed by atoms with van der Waals surface area (Å²) in [4.78, 5) is 2.14. The molecule has 0 bridgehead atoms. The number of hydrogen-bond donors (Lipinski definition) is 2. The molecule has 0 spiro atoms. The topological polar surface area (TPSA) is 44.7 Å². The monoisotopic (exact) mass is 334 g/mol. The van der Waals surface area contributed by atoms with Gasteiger partial charge in [-0.15, -0.1) is 0 Å². The molecule has 6 heteroatoms. The number of benzene rings is 1. The smallest absolute Gasteiger partial charge is 0.138 e. The van der Waals surface area contributed by atoms with Crippen molar-refractivity contribution in [2.45, 2.75) is 25.5 Å². The zero-order chi connectivity index (χ0) is 15.8. The van der Waals surface area contributed by atoms with E-state index in [1.54, 1.807) is 18.2 Å². The zero-order valence-corrected chi connectivity index (χ0v) is 14.3. The Morgan fingerprint density at radius 1 is 1.33 bits per heavy atom. The Kier molecular flexibility index (Phi) is 8.37. The highest BCUT2D eigenvalue weighted by Crippen LogP contribution is 2.27. The van der Waals surface area contributed by atoms with Crippen molar-refractivity contribution >= 4 is 23.2 Å². The van der Waals surface area contributed by atoms with Crippen LogP contribution in [0.2, 0.25) is 10.0 Å². The van der Waals surface area contributed by atoms with Crippen molar-refractivity contribution in [1.29, 1.82) is 0 Å². The molecule has 0 heterocycles. The maximum Gasteiger partial charge on any atom is 0.138 e. The first-order valence-electron chi connectivity index (χ1n) is 7.02. The summed E-state index contributed by atoms with van der Waals surface area (Å²) in [5, 5.41) is 14.2. The first kappa shape index (κ1) is 18.5. The van der Waals surface area contributed by atoms with E-state index in [1.807, 2.05) is 14.1 Å². The second-order valence-electron chi connectivity index (χ2n) is 5.44. The first-order chi connectivity index (χ1) is 9.88. The van der Waals surface area contributed by atoms with Crippen molar-refractivity contribution in [3.63, 3.8) is 0 Å². The molecule has 0 amide bonds. The van der Waals surface area contributed by atoms with Gasteiger partial charge in [0, 0.05) is 17.6 Å². The van der Waals surface area contributed by atoms with Crippen LogP contribution < -0.4 is 10.1 Å². The molecule has 0 saturated carbocycles. The van der Waals surface area contributed by atoms with Gasteiger partial charge in [0.15, 0.2) is 0 Å². The molecule has 0 radical (unpaired) electrons. The first-order valence-corrected chi connectivity index (χ1v) is 7.78. The summed E-state index contributed by atoms with van der Waals surface area (Å²) >= 11 is 11.8. The van der Waals surface area contributed by atoms with Crippen molar-refractivity contribution in [2.24, 2.45) is 0 Å². The standard InChI is InChI=1S/C15H24Cl2N2O2/c1-11(6-7-19(2)3)18-9-13(20)10-21-15-5-4-12(16)8-14(15)17/h4-5,8,11,13,18,20H,6-7,9-10H2,1-3H3. The Bertz CT molecular complexity index is 430. The number of halogens is 2. The SMILES string of the molecule is CC(CCN(C)C)NCC(O)COc1ccc(Cl)cc1Cl. The molecule has 0 fully saturated rings. The third kappa shape index (κ3) is 7.88. The summed E-state index contributed by atoms with van der Waals surface area (Å²) < 4.78 is 5.50. The van der Waals surface area contributed by atoms with Crippen molar-refractivity contribution in [2.75, 3.05) is 33.8 Å². The minimum atomic E-state index is -0.585. The van der Waals surface area contributed by atoms with E-state index >= 15 is 0 Å². The highest BCUT2D eigenvalue weighted by Gasteiger charge is 2.10. The second-order valence-corrected chi connectivity index (χ2v) is 6.28. The zero-order valence-electron chi connectivity index (χ0n) is 12.8. The van der Waals surface area contributed by atoms with Crippen LogP contribution in [0.25, 0.3) is 0 Å². The maximum absolute atomic E-state index is 9.92. The Labute approximate surface area is 137 Å². The molecule has 0 aromatic heterocycles. The molecule has 1 aromatic rings. The lowest BCUT2D eigenvalue weighted by Gasteiger charge is -2.19. The third-order valence-corrected chi connectivity index (χ3v) is 3.57. The predicted octanol–water partition coefficient (Wildman–Crippen LogP) is 2.66. The van der Waals surface area contributed by atoms with E-state index in [0.717, 1.165) is 13.0 Å². The van der Waals surface area contributed by atoms with Crippen LogP contribution in [0.1, 0.15) is 13.3 Å². The van der Waals surface area contributed by atoms with Crippen molar-refractivity contribution in [3.05, 3.63) is 28.2 Å². The summed E-state index contributed by atoms with van der Waals surface area (Å²) in [7, 11) is 4.09. The van der Waals surface area contributed by atoms with Crippen LogP contribution in [0.4, 0.5) is 0 Å². The van der Waals surface area contributed by atoms with E-state index in [4.69, 9.17) is 27.9 Å². The van der Waals surface area contributed by atoms with Crippen molar-refractivity contribution in [3.8, 4) is 5.75 Å². The largest absolute Gasteiger partial charge is 0.489 e. The molecule has 4 nitrogen and oxygen atoms in total. The average Bonchev–Trinajstić information content (AvgIpc) is 2.41. The lowest BCUT2D eigenvalue weighted by molar-refractivity contribution is 0.103.